The maximum absolute atomic E-state index is 13.2. The summed E-state index contributed by atoms with van der Waals surface area (Å²) in [6.07, 6.45) is 7.05. The van der Waals surface area contributed by atoms with E-state index in [2.05, 4.69) is 11.0 Å². The van der Waals surface area contributed by atoms with Crippen molar-refractivity contribution >= 4 is 18.1 Å². The number of fused-ring (bicyclic) bond motifs is 3. The largest absolute Gasteiger partial charge is 0.495 e. The third-order valence-electron chi connectivity index (χ3n) is 9.25. The van der Waals surface area contributed by atoms with Gasteiger partial charge in [0.05, 0.1) is 31.4 Å². The van der Waals surface area contributed by atoms with Crippen LogP contribution in [0.2, 0.25) is 0 Å². The smallest absolute Gasteiger partial charge is 0.311 e. The second-order valence-corrected chi connectivity index (χ2v) is 9.66. The molecule has 7 rings (SSSR count). The van der Waals surface area contributed by atoms with Gasteiger partial charge in [-0.3, -0.25) is 14.5 Å². The first-order chi connectivity index (χ1) is 14.1. The fraction of sp³-hybridized carbons (Fsp3) is 0.652. The van der Waals surface area contributed by atoms with Crippen LogP contribution >= 0.6 is 0 Å². The molecule has 29 heavy (non-hydrogen) atoms. The van der Waals surface area contributed by atoms with Gasteiger partial charge in [0.1, 0.15) is 5.75 Å². The summed E-state index contributed by atoms with van der Waals surface area (Å²) >= 11 is 0. The molecular weight excluding hydrogens is 368 g/mol. The zero-order valence-corrected chi connectivity index (χ0v) is 17.1. The molecule has 2 bridgehead atoms. The number of piperidine rings is 1. The molecule has 1 amide bonds. The average molecular weight is 396 g/mol. The molecule has 6 aliphatic rings. The van der Waals surface area contributed by atoms with Crippen LogP contribution < -0.4 is 9.64 Å². The Balaban J connectivity index is 1.70. The number of hydrogen-bond donors (Lipinski definition) is 0. The van der Waals surface area contributed by atoms with Gasteiger partial charge in [-0.25, -0.2) is 0 Å². The van der Waals surface area contributed by atoms with Gasteiger partial charge in [-0.1, -0.05) is 12.1 Å². The predicted octanol–water partition coefficient (Wildman–Crippen LogP) is 2.49. The zero-order chi connectivity index (χ0) is 20.0. The van der Waals surface area contributed by atoms with Crippen molar-refractivity contribution in [1.29, 1.82) is 0 Å². The van der Waals surface area contributed by atoms with E-state index in [0.29, 0.717) is 6.04 Å². The van der Waals surface area contributed by atoms with Crippen LogP contribution in [0.4, 0.5) is 5.69 Å². The van der Waals surface area contributed by atoms with E-state index < -0.39 is 5.54 Å². The monoisotopic (exact) mass is 396 g/mol. The van der Waals surface area contributed by atoms with Crippen LogP contribution in [-0.4, -0.2) is 56.2 Å². The van der Waals surface area contributed by atoms with E-state index in [0.717, 1.165) is 56.6 Å². The summed E-state index contributed by atoms with van der Waals surface area (Å²) < 4.78 is 11.1. The number of ether oxygens (including phenoxy) is 2. The molecule has 6 heteroatoms. The molecule has 2 saturated heterocycles. The molecule has 3 aliphatic carbocycles. The van der Waals surface area contributed by atoms with E-state index in [-0.39, 0.29) is 22.7 Å². The summed E-state index contributed by atoms with van der Waals surface area (Å²) in [4.78, 5) is 30.4. The Morgan fingerprint density at radius 3 is 2.79 bits per heavy atom. The van der Waals surface area contributed by atoms with Crippen molar-refractivity contribution in [1.82, 2.24) is 4.90 Å². The number of esters is 1. The molecule has 0 N–H and O–H groups in total. The fourth-order valence-electron chi connectivity index (χ4n) is 8.65. The van der Waals surface area contributed by atoms with Gasteiger partial charge in [0, 0.05) is 11.5 Å². The number of hydrogen-bond acceptors (Lipinski definition) is 5. The SMILES string of the molecule is COC(=O)[C@H]1C[C@]23CCCN4CC[C@@]5(c6cccc(OC)c6N(C=O)[C@]15CC2)[C@H]43. The van der Waals surface area contributed by atoms with Crippen LogP contribution in [0.3, 0.4) is 0 Å². The summed E-state index contributed by atoms with van der Waals surface area (Å²) in [5.74, 6) is 0.269. The minimum atomic E-state index is -0.558. The first kappa shape index (κ1) is 17.8. The molecule has 1 aromatic rings. The molecule has 0 unspecified atom stereocenters. The van der Waals surface area contributed by atoms with Gasteiger partial charge in [0.2, 0.25) is 6.41 Å². The third-order valence-corrected chi connectivity index (χ3v) is 9.25. The molecule has 3 heterocycles. The van der Waals surface area contributed by atoms with E-state index in [1.54, 1.807) is 7.11 Å². The highest BCUT2D eigenvalue weighted by Crippen LogP contribution is 2.76. The van der Waals surface area contributed by atoms with Crippen molar-refractivity contribution in [2.75, 3.05) is 32.2 Å². The second kappa shape index (κ2) is 5.54. The maximum atomic E-state index is 13.2. The summed E-state index contributed by atoms with van der Waals surface area (Å²) in [7, 11) is 3.15. The Labute approximate surface area is 171 Å². The number of amides is 1. The molecule has 0 radical (unpaired) electrons. The van der Waals surface area contributed by atoms with Gasteiger partial charge in [0.15, 0.2) is 0 Å². The van der Waals surface area contributed by atoms with Gasteiger partial charge in [0.25, 0.3) is 0 Å². The first-order valence-corrected chi connectivity index (χ1v) is 10.8. The van der Waals surface area contributed by atoms with E-state index in [1.165, 1.54) is 25.5 Å². The lowest BCUT2D eigenvalue weighted by atomic mass is 9.38. The predicted molar refractivity (Wildman–Crippen MR) is 107 cm³/mol. The molecule has 3 saturated carbocycles. The van der Waals surface area contributed by atoms with Gasteiger partial charge in [-0.05, 0) is 68.7 Å². The number of carbonyl (C=O) groups is 2. The Bertz CT molecular complexity index is 918. The number of para-hydroxylation sites is 1. The molecule has 3 aliphatic heterocycles. The minimum Gasteiger partial charge on any atom is -0.495 e. The summed E-state index contributed by atoms with van der Waals surface area (Å²) in [6.45, 7) is 2.15. The van der Waals surface area contributed by atoms with Crippen LogP contribution in [0.15, 0.2) is 18.2 Å². The highest BCUT2D eigenvalue weighted by atomic mass is 16.5. The Morgan fingerprint density at radius 2 is 2.03 bits per heavy atom. The topological polar surface area (TPSA) is 59.1 Å². The number of methoxy groups -OCH3 is 2. The van der Waals surface area contributed by atoms with Crippen LogP contribution in [0.5, 0.6) is 5.75 Å². The highest BCUT2D eigenvalue weighted by Gasteiger charge is 2.81. The van der Waals surface area contributed by atoms with Crippen LogP contribution in [0.1, 0.15) is 44.1 Å². The minimum absolute atomic E-state index is 0.134. The molecule has 3 spiro atoms. The van der Waals surface area contributed by atoms with Crippen LogP contribution in [0.25, 0.3) is 0 Å². The molecule has 1 aromatic carbocycles. The number of benzene rings is 1. The summed E-state index contributed by atoms with van der Waals surface area (Å²) in [6, 6.07) is 6.55. The van der Waals surface area contributed by atoms with E-state index in [4.69, 9.17) is 9.47 Å². The van der Waals surface area contributed by atoms with Gasteiger partial charge in [-0.2, -0.15) is 0 Å². The number of carbonyl (C=O) groups excluding carboxylic acids is 2. The van der Waals surface area contributed by atoms with E-state index in [1.807, 2.05) is 17.0 Å². The summed E-state index contributed by atoms with van der Waals surface area (Å²) in [5.41, 5.74) is 1.43. The lowest BCUT2D eigenvalue weighted by Crippen LogP contribution is -2.78. The van der Waals surface area contributed by atoms with Crippen molar-refractivity contribution < 1.29 is 19.1 Å². The normalized spacial score (nSPS) is 41.5. The lowest BCUT2D eigenvalue weighted by Gasteiger charge is -2.69. The zero-order valence-electron chi connectivity index (χ0n) is 17.1. The number of rotatable bonds is 3. The first-order valence-electron chi connectivity index (χ1n) is 10.8. The van der Waals surface area contributed by atoms with Crippen LogP contribution in [-0.2, 0) is 19.7 Å². The van der Waals surface area contributed by atoms with Gasteiger partial charge >= 0.3 is 5.97 Å². The fourth-order valence-corrected chi connectivity index (χ4v) is 8.65. The number of anilines is 1. The van der Waals surface area contributed by atoms with Crippen molar-refractivity contribution in [3.63, 3.8) is 0 Å². The third kappa shape index (κ3) is 1.68. The second-order valence-electron chi connectivity index (χ2n) is 9.66. The Kier molecular flexibility index (Phi) is 3.39. The van der Waals surface area contributed by atoms with Gasteiger partial charge < -0.3 is 14.4 Å². The Hall–Kier alpha value is -2.08. The van der Waals surface area contributed by atoms with Gasteiger partial charge in [-0.15, -0.1) is 0 Å². The molecule has 154 valence electrons. The summed E-state index contributed by atoms with van der Waals surface area (Å²) in [5, 5.41) is 0. The molecule has 0 aromatic heterocycles. The van der Waals surface area contributed by atoms with E-state index in [9.17, 15) is 9.59 Å². The Morgan fingerprint density at radius 1 is 1.17 bits per heavy atom. The highest BCUT2D eigenvalue weighted by molar-refractivity contribution is 5.93. The van der Waals surface area contributed by atoms with Crippen LogP contribution in [0, 0.1) is 11.3 Å². The number of nitrogens with zero attached hydrogens (tertiary/aromatic N) is 2. The molecule has 5 atom stereocenters. The van der Waals surface area contributed by atoms with Crippen molar-refractivity contribution in [2.24, 2.45) is 11.3 Å². The molecule has 6 nitrogen and oxygen atoms in total. The average Bonchev–Trinajstić information content (AvgIpc) is 3.28. The van der Waals surface area contributed by atoms with Crippen molar-refractivity contribution in [2.45, 2.75) is 55.5 Å². The van der Waals surface area contributed by atoms with E-state index >= 15 is 0 Å². The van der Waals surface area contributed by atoms with Crippen molar-refractivity contribution in [3.05, 3.63) is 23.8 Å². The van der Waals surface area contributed by atoms with Crippen molar-refractivity contribution in [3.8, 4) is 5.75 Å². The maximum Gasteiger partial charge on any atom is 0.311 e. The molecular formula is C23H28N2O4. The quantitative estimate of drug-likeness (QED) is 0.580. The standard InChI is InChI=1S/C23H28N2O4/c1-28-17-6-3-5-15-18(17)25(14-26)23-9-8-21(13-16(23)19(27)29-2)7-4-11-24-12-10-22(15,23)20(21)24/h3,5-6,14,16,20H,4,7-13H2,1-2H3/t16-,20-,21+,22-,23-/m1/s1. The lowest BCUT2D eigenvalue weighted by molar-refractivity contribution is -0.175. The molecule has 5 fully saturated rings.